The summed E-state index contributed by atoms with van der Waals surface area (Å²) in [5.74, 6) is 1.25. The van der Waals surface area contributed by atoms with Crippen molar-refractivity contribution >= 4 is 32.9 Å². The van der Waals surface area contributed by atoms with Crippen LogP contribution in [-0.4, -0.2) is 42.3 Å². The van der Waals surface area contributed by atoms with E-state index < -0.39 is 10.0 Å². The fourth-order valence-electron chi connectivity index (χ4n) is 2.57. The number of anilines is 4. The molecule has 10 heteroatoms. The van der Waals surface area contributed by atoms with Gasteiger partial charge in [-0.15, -0.1) is 5.10 Å². The van der Waals surface area contributed by atoms with Crippen molar-refractivity contribution in [3.05, 3.63) is 48.5 Å². The Hall–Kier alpha value is -3.14. The zero-order chi connectivity index (χ0) is 20.3. The van der Waals surface area contributed by atoms with Crippen LogP contribution in [0.4, 0.5) is 22.9 Å². The van der Waals surface area contributed by atoms with E-state index >= 15 is 0 Å². The molecule has 0 spiro atoms. The highest BCUT2D eigenvalue weighted by molar-refractivity contribution is 7.92. The number of hydrogen-bond acceptors (Lipinski definition) is 7. The summed E-state index contributed by atoms with van der Waals surface area (Å²) in [7, 11) is 0.105. The summed E-state index contributed by atoms with van der Waals surface area (Å²) in [5.41, 5.74) is 2.13. The summed E-state index contributed by atoms with van der Waals surface area (Å²) in [5, 5.41) is 11.2. The van der Waals surface area contributed by atoms with Gasteiger partial charge in [0.15, 0.2) is 10.8 Å². The van der Waals surface area contributed by atoms with Gasteiger partial charge in [-0.2, -0.15) is 13.5 Å². The number of hydrogen-bond donors (Lipinski definition) is 2. The Kier molecular flexibility index (Phi) is 5.50. The quantitative estimate of drug-likeness (QED) is 0.627. The summed E-state index contributed by atoms with van der Waals surface area (Å²) in [6, 6.07) is 8.74. The zero-order valence-electron chi connectivity index (χ0n) is 16.2. The van der Waals surface area contributed by atoms with Crippen LogP contribution >= 0.6 is 0 Å². The zero-order valence-corrected chi connectivity index (χ0v) is 17.0. The second-order valence-electron chi connectivity index (χ2n) is 6.41. The van der Waals surface area contributed by atoms with Crippen LogP contribution in [0.1, 0.15) is 12.7 Å². The summed E-state index contributed by atoms with van der Waals surface area (Å²) >= 11 is 0. The molecule has 148 valence electrons. The van der Waals surface area contributed by atoms with Gasteiger partial charge in [-0.25, -0.2) is 4.98 Å². The maximum Gasteiger partial charge on any atom is 0.280 e. The third-order valence-corrected chi connectivity index (χ3v) is 5.39. The lowest BCUT2D eigenvalue weighted by molar-refractivity contribution is 0.598. The van der Waals surface area contributed by atoms with Crippen LogP contribution in [0.15, 0.2) is 47.8 Å². The van der Waals surface area contributed by atoms with Crippen LogP contribution in [0.3, 0.4) is 0 Å². The standard InChI is InChI=1S/C18H23N7O2S/c1-5-25-12-18(20-13(25)2)28(26,27)23-15-8-6-14(7-9-15)21-17-10-16(24(3)4)11-19-22-17/h6-12,23H,5H2,1-4H3,(H,21,22). The second kappa shape index (κ2) is 7.85. The van der Waals surface area contributed by atoms with Crippen molar-refractivity contribution in [2.75, 3.05) is 29.0 Å². The molecule has 0 saturated heterocycles. The van der Waals surface area contributed by atoms with Gasteiger partial charge in [-0.3, -0.25) is 4.72 Å². The van der Waals surface area contributed by atoms with Crippen LogP contribution in [0.5, 0.6) is 0 Å². The lowest BCUT2D eigenvalue weighted by atomic mass is 10.3. The number of nitrogens with one attached hydrogen (secondary N) is 2. The van der Waals surface area contributed by atoms with E-state index in [-0.39, 0.29) is 5.03 Å². The number of benzene rings is 1. The number of rotatable bonds is 7. The molecular formula is C18H23N7O2S. The Morgan fingerprint density at radius 3 is 2.43 bits per heavy atom. The van der Waals surface area contributed by atoms with Crippen LogP contribution < -0.4 is 14.9 Å². The Bertz CT molecular complexity index is 1060. The maximum absolute atomic E-state index is 12.5. The van der Waals surface area contributed by atoms with Crippen molar-refractivity contribution in [1.82, 2.24) is 19.7 Å². The molecule has 3 aromatic rings. The summed E-state index contributed by atoms with van der Waals surface area (Å²) in [4.78, 5) is 6.06. The number of sulfonamides is 1. The lowest BCUT2D eigenvalue weighted by Crippen LogP contribution is -2.13. The molecule has 2 aromatic heterocycles. The van der Waals surface area contributed by atoms with Crippen molar-refractivity contribution in [3.63, 3.8) is 0 Å². The van der Waals surface area contributed by atoms with E-state index in [2.05, 4.69) is 25.2 Å². The van der Waals surface area contributed by atoms with Gasteiger partial charge in [0.2, 0.25) is 0 Å². The third kappa shape index (κ3) is 4.39. The predicted octanol–water partition coefficient (Wildman–Crippen LogP) is 2.61. The molecule has 0 aliphatic carbocycles. The summed E-state index contributed by atoms with van der Waals surface area (Å²) in [6.45, 7) is 4.37. The minimum Gasteiger partial charge on any atom is -0.376 e. The molecule has 0 aliphatic rings. The smallest absolute Gasteiger partial charge is 0.280 e. The van der Waals surface area contributed by atoms with Crippen LogP contribution in [-0.2, 0) is 16.6 Å². The van der Waals surface area contributed by atoms with Gasteiger partial charge < -0.3 is 14.8 Å². The maximum atomic E-state index is 12.5. The Morgan fingerprint density at radius 2 is 1.82 bits per heavy atom. The highest BCUT2D eigenvalue weighted by Gasteiger charge is 2.19. The van der Waals surface area contributed by atoms with E-state index in [0.717, 1.165) is 11.4 Å². The lowest BCUT2D eigenvalue weighted by Gasteiger charge is -2.13. The molecule has 2 N–H and O–H groups in total. The number of aromatic nitrogens is 4. The first-order valence-electron chi connectivity index (χ1n) is 8.72. The fraction of sp³-hybridized carbons (Fsp3) is 0.278. The van der Waals surface area contributed by atoms with Crippen molar-refractivity contribution in [2.24, 2.45) is 0 Å². The average Bonchev–Trinajstić information content (AvgIpc) is 3.05. The molecule has 0 saturated carbocycles. The fourth-order valence-corrected chi connectivity index (χ4v) is 3.64. The number of imidazole rings is 1. The molecule has 9 nitrogen and oxygen atoms in total. The van der Waals surface area contributed by atoms with Crippen molar-refractivity contribution in [2.45, 2.75) is 25.4 Å². The predicted molar refractivity (Wildman–Crippen MR) is 110 cm³/mol. The Morgan fingerprint density at radius 1 is 1.14 bits per heavy atom. The largest absolute Gasteiger partial charge is 0.376 e. The average molecular weight is 401 g/mol. The molecule has 0 radical (unpaired) electrons. The van der Waals surface area contributed by atoms with Gasteiger partial charge >= 0.3 is 0 Å². The molecule has 0 bridgehead atoms. The molecule has 0 aliphatic heterocycles. The van der Waals surface area contributed by atoms with E-state index in [9.17, 15) is 8.42 Å². The van der Waals surface area contributed by atoms with E-state index in [4.69, 9.17) is 0 Å². The van der Waals surface area contributed by atoms with Gasteiger partial charge in [0.25, 0.3) is 10.0 Å². The number of aryl methyl sites for hydroxylation is 2. The first-order valence-corrected chi connectivity index (χ1v) is 10.2. The van der Waals surface area contributed by atoms with E-state index in [1.165, 1.54) is 6.20 Å². The molecule has 3 rings (SSSR count). The molecule has 28 heavy (non-hydrogen) atoms. The molecule has 0 unspecified atom stereocenters. The minimum absolute atomic E-state index is 0.00447. The van der Waals surface area contributed by atoms with Gasteiger partial charge in [0, 0.05) is 44.3 Å². The van der Waals surface area contributed by atoms with Crippen LogP contribution in [0.2, 0.25) is 0 Å². The molecule has 1 aromatic carbocycles. The van der Waals surface area contributed by atoms with Crippen molar-refractivity contribution in [3.8, 4) is 0 Å². The molecule has 0 amide bonds. The second-order valence-corrected chi connectivity index (χ2v) is 8.04. The molecule has 0 atom stereocenters. The van der Waals surface area contributed by atoms with E-state index in [1.54, 1.807) is 42.0 Å². The third-order valence-electron chi connectivity index (χ3n) is 4.14. The monoisotopic (exact) mass is 401 g/mol. The van der Waals surface area contributed by atoms with Gasteiger partial charge in [0.05, 0.1) is 11.9 Å². The highest BCUT2D eigenvalue weighted by Crippen LogP contribution is 2.21. The molecule has 2 heterocycles. The first-order chi connectivity index (χ1) is 13.3. The molecule has 0 fully saturated rings. The highest BCUT2D eigenvalue weighted by atomic mass is 32.2. The van der Waals surface area contributed by atoms with Crippen molar-refractivity contribution < 1.29 is 8.42 Å². The SMILES string of the molecule is CCn1cc(S(=O)(=O)Nc2ccc(Nc3cc(N(C)C)cnn3)cc2)nc1C. The van der Waals surface area contributed by atoms with Gasteiger partial charge in [-0.1, -0.05) is 0 Å². The number of nitrogens with zero attached hydrogens (tertiary/aromatic N) is 5. The van der Waals surface area contributed by atoms with Gasteiger partial charge in [-0.05, 0) is 38.1 Å². The van der Waals surface area contributed by atoms with Crippen LogP contribution in [0, 0.1) is 6.92 Å². The van der Waals surface area contributed by atoms with E-state index in [1.807, 2.05) is 32.0 Å². The summed E-state index contributed by atoms with van der Waals surface area (Å²) < 4.78 is 29.4. The first kappa shape index (κ1) is 19.6. The Balaban J connectivity index is 1.72. The van der Waals surface area contributed by atoms with Crippen LogP contribution in [0.25, 0.3) is 0 Å². The Labute approximate surface area is 164 Å². The minimum atomic E-state index is -3.74. The van der Waals surface area contributed by atoms with E-state index in [0.29, 0.717) is 23.9 Å². The normalized spacial score (nSPS) is 11.3. The topological polar surface area (TPSA) is 105 Å². The van der Waals surface area contributed by atoms with Crippen molar-refractivity contribution in [1.29, 1.82) is 0 Å². The van der Waals surface area contributed by atoms with Gasteiger partial charge in [0.1, 0.15) is 5.82 Å². The molecular weight excluding hydrogens is 378 g/mol. The summed E-state index contributed by atoms with van der Waals surface area (Å²) in [6.07, 6.45) is 3.20.